The first-order valence-electron chi connectivity index (χ1n) is 11.2. The molecule has 0 aliphatic carbocycles. The maximum Gasteiger partial charge on any atom is 0.303 e. The fourth-order valence-corrected chi connectivity index (χ4v) is 3.75. The van der Waals surface area contributed by atoms with Gasteiger partial charge in [-0.15, -0.1) is 0 Å². The van der Waals surface area contributed by atoms with Crippen LogP contribution in [0, 0.1) is 0 Å². The number of hydrogen-bond donors (Lipinski definition) is 4. The van der Waals surface area contributed by atoms with Crippen molar-refractivity contribution in [2.24, 2.45) is 0 Å². The molecule has 0 aromatic carbocycles. The van der Waals surface area contributed by atoms with E-state index in [-0.39, 0.29) is 18.7 Å². The minimum absolute atomic E-state index is 0.0507. The second-order valence-corrected chi connectivity index (χ2v) is 8.01. The van der Waals surface area contributed by atoms with Gasteiger partial charge in [-0.25, -0.2) is 5.48 Å². The van der Waals surface area contributed by atoms with Crippen molar-refractivity contribution in [3.8, 4) is 0 Å². The predicted octanol–water partition coefficient (Wildman–Crippen LogP) is 2.84. The van der Waals surface area contributed by atoms with Crippen molar-refractivity contribution < 1.29 is 24.7 Å². The first kappa shape index (κ1) is 25.4. The number of nitrogens with one attached hydrogen (secondary N) is 2. The third-order valence-corrected chi connectivity index (χ3v) is 5.49. The van der Waals surface area contributed by atoms with Gasteiger partial charge in [0.2, 0.25) is 5.91 Å². The molecule has 1 rings (SSSR count). The highest BCUT2D eigenvalue weighted by molar-refractivity contribution is 5.87. The molecular formula is C21H39N3O5. The van der Waals surface area contributed by atoms with Crippen LogP contribution in [0.4, 0.5) is 0 Å². The topological polar surface area (TPSA) is 119 Å². The maximum absolute atomic E-state index is 11.9. The van der Waals surface area contributed by atoms with Crippen LogP contribution in [-0.4, -0.2) is 58.7 Å². The van der Waals surface area contributed by atoms with Gasteiger partial charge in [-0.3, -0.25) is 19.6 Å². The van der Waals surface area contributed by atoms with Crippen molar-refractivity contribution >= 4 is 17.8 Å². The van der Waals surface area contributed by atoms with E-state index in [2.05, 4.69) is 10.2 Å². The molecule has 0 spiro atoms. The summed E-state index contributed by atoms with van der Waals surface area (Å²) in [5.74, 6) is -2.14. The van der Waals surface area contributed by atoms with E-state index in [1.54, 1.807) is 0 Å². The van der Waals surface area contributed by atoms with Gasteiger partial charge in [-0.1, -0.05) is 44.9 Å². The van der Waals surface area contributed by atoms with Gasteiger partial charge in [0.25, 0.3) is 5.91 Å². The van der Waals surface area contributed by atoms with Crippen LogP contribution in [0.5, 0.6) is 0 Å². The molecule has 8 heteroatoms. The Morgan fingerprint density at radius 3 is 2.00 bits per heavy atom. The fraction of sp³-hybridized carbons (Fsp3) is 0.857. The standard InChI is InChI=1S/C21H39N3O5/c25-19(22-18(21(28)23-29)13-14-20(26)27)12-8-4-2-1-3-5-9-15-24-16-10-6-7-11-17-24/h18,29H,1-17H2,(H,22,25)(H,23,28)(H,26,27)/t18-/m1/s1. The Kier molecular flexibility index (Phi) is 14.1. The lowest BCUT2D eigenvalue weighted by atomic mass is 10.1. The lowest BCUT2D eigenvalue weighted by Crippen LogP contribution is -2.46. The monoisotopic (exact) mass is 413 g/mol. The summed E-state index contributed by atoms with van der Waals surface area (Å²) in [6.07, 6.45) is 13.2. The number of carboxylic acid groups (broad SMARTS) is 1. The van der Waals surface area contributed by atoms with E-state index in [1.807, 2.05) is 0 Å². The molecule has 2 amide bonds. The van der Waals surface area contributed by atoms with Gasteiger partial charge in [0.15, 0.2) is 0 Å². The molecule has 1 fully saturated rings. The zero-order valence-corrected chi connectivity index (χ0v) is 17.7. The number of carboxylic acids is 1. The molecule has 8 nitrogen and oxygen atoms in total. The van der Waals surface area contributed by atoms with Gasteiger partial charge in [-0.05, 0) is 51.7 Å². The molecule has 168 valence electrons. The third kappa shape index (κ3) is 13.2. The number of hydrogen-bond acceptors (Lipinski definition) is 5. The van der Waals surface area contributed by atoms with Crippen molar-refractivity contribution in [1.82, 2.24) is 15.7 Å². The average molecular weight is 414 g/mol. The molecule has 1 aliphatic heterocycles. The van der Waals surface area contributed by atoms with Crippen LogP contribution in [0.3, 0.4) is 0 Å². The summed E-state index contributed by atoms with van der Waals surface area (Å²) in [5.41, 5.74) is 1.47. The van der Waals surface area contributed by atoms with E-state index >= 15 is 0 Å². The van der Waals surface area contributed by atoms with Gasteiger partial charge in [0.05, 0.1) is 0 Å². The minimum atomic E-state index is -1.05. The summed E-state index contributed by atoms with van der Waals surface area (Å²) in [4.78, 5) is 36.7. The van der Waals surface area contributed by atoms with E-state index in [0.29, 0.717) is 6.42 Å². The number of amides is 2. The van der Waals surface area contributed by atoms with Crippen LogP contribution in [0.1, 0.15) is 89.9 Å². The normalized spacial score (nSPS) is 16.0. The number of rotatable bonds is 15. The largest absolute Gasteiger partial charge is 0.481 e. The molecule has 0 bridgehead atoms. The lowest BCUT2D eigenvalue weighted by Gasteiger charge is -2.19. The van der Waals surface area contributed by atoms with Gasteiger partial charge in [-0.2, -0.15) is 0 Å². The van der Waals surface area contributed by atoms with Crippen LogP contribution in [-0.2, 0) is 14.4 Å². The van der Waals surface area contributed by atoms with Gasteiger partial charge < -0.3 is 15.3 Å². The molecule has 1 atom stereocenters. The Morgan fingerprint density at radius 2 is 1.41 bits per heavy atom. The minimum Gasteiger partial charge on any atom is -0.481 e. The molecule has 4 N–H and O–H groups in total. The molecule has 1 heterocycles. The molecule has 0 aromatic rings. The number of nitrogens with zero attached hydrogens (tertiary/aromatic N) is 1. The molecule has 1 aliphatic rings. The average Bonchev–Trinajstić information content (AvgIpc) is 2.98. The molecule has 29 heavy (non-hydrogen) atoms. The quantitative estimate of drug-likeness (QED) is 0.186. The molecule has 1 saturated heterocycles. The Balaban J connectivity index is 2.01. The smallest absolute Gasteiger partial charge is 0.303 e. The highest BCUT2D eigenvalue weighted by Crippen LogP contribution is 2.12. The first-order valence-corrected chi connectivity index (χ1v) is 11.2. The predicted molar refractivity (Wildman–Crippen MR) is 111 cm³/mol. The van der Waals surface area contributed by atoms with E-state index in [1.165, 1.54) is 76.5 Å². The molecule has 0 unspecified atom stereocenters. The van der Waals surface area contributed by atoms with Gasteiger partial charge in [0.1, 0.15) is 6.04 Å². The van der Waals surface area contributed by atoms with Crippen molar-refractivity contribution in [1.29, 1.82) is 0 Å². The second-order valence-electron chi connectivity index (χ2n) is 8.01. The lowest BCUT2D eigenvalue weighted by molar-refractivity contribution is -0.139. The van der Waals surface area contributed by atoms with Crippen molar-refractivity contribution in [3.63, 3.8) is 0 Å². The van der Waals surface area contributed by atoms with Crippen LogP contribution in [0.25, 0.3) is 0 Å². The molecular weight excluding hydrogens is 374 g/mol. The van der Waals surface area contributed by atoms with Crippen LogP contribution in [0.15, 0.2) is 0 Å². The van der Waals surface area contributed by atoms with E-state index < -0.39 is 17.9 Å². The van der Waals surface area contributed by atoms with E-state index in [4.69, 9.17) is 10.3 Å². The highest BCUT2D eigenvalue weighted by atomic mass is 16.5. The highest BCUT2D eigenvalue weighted by Gasteiger charge is 2.21. The van der Waals surface area contributed by atoms with Crippen molar-refractivity contribution in [3.05, 3.63) is 0 Å². The Bertz CT molecular complexity index is 479. The van der Waals surface area contributed by atoms with Gasteiger partial charge in [0, 0.05) is 12.8 Å². The SMILES string of the molecule is O=C(O)CC[C@@H](NC(=O)CCCCCCCCCN1CCCCCC1)C(=O)NO. The zero-order chi connectivity index (χ0) is 21.3. The number of carbonyl (C=O) groups excluding carboxylic acids is 2. The number of hydroxylamine groups is 1. The molecule has 0 aromatic heterocycles. The summed E-state index contributed by atoms with van der Waals surface area (Å²) in [5, 5.41) is 19.9. The van der Waals surface area contributed by atoms with Crippen molar-refractivity contribution in [2.45, 2.75) is 95.9 Å². The third-order valence-electron chi connectivity index (χ3n) is 5.49. The van der Waals surface area contributed by atoms with Crippen molar-refractivity contribution in [2.75, 3.05) is 19.6 Å². The fourth-order valence-electron chi connectivity index (χ4n) is 3.75. The Hall–Kier alpha value is -1.67. The summed E-state index contributed by atoms with van der Waals surface area (Å²) in [6, 6.07) is -1.02. The van der Waals surface area contributed by atoms with Crippen LogP contribution in [0.2, 0.25) is 0 Å². The van der Waals surface area contributed by atoms with E-state index in [0.717, 1.165) is 19.3 Å². The Labute approximate surface area is 174 Å². The van der Waals surface area contributed by atoms with Gasteiger partial charge >= 0.3 is 5.97 Å². The summed E-state index contributed by atoms with van der Waals surface area (Å²) < 4.78 is 0. The number of carbonyl (C=O) groups is 3. The number of unbranched alkanes of at least 4 members (excludes halogenated alkanes) is 6. The first-order chi connectivity index (χ1) is 14.0. The molecule has 0 radical (unpaired) electrons. The second kappa shape index (κ2) is 16.2. The summed E-state index contributed by atoms with van der Waals surface area (Å²) in [7, 11) is 0. The van der Waals surface area contributed by atoms with Crippen LogP contribution < -0.4 is 10.8 Å². The zero-order valence-electron chi connectivity index (χ0n) is 17.7. The van der Waals surface area contributed by atoms with Crippen LogP contribution >= 0.6 is 0 Å². The maximum atomic E-state index is 11.9. The number of aliphatic carboxylic acids is 1. The number of likely N-dealkylation sites (tertiary alicyclic amines) is 1. The summed E-state index contributed by atoms with van der Waals surface area (Å²) >= 11 is 0. The van der Waals surface area contributed by atoms with E-state index in [9.17, 15) is 14.4 Å². The summed E-state index contributed by atoms with van der Waals surface area (Å²) in [6.45, 7) is 3.75. The Morgan fingerprint density at radius 1 is 0.828 bits per heavy atom. The molecule has 0 saturated carbocycles.